The average molecular weight is 223 g/mol. The van der Waals surface area contributed by atoms with Gasteiger partial charge in [-0.15, -0.1) is 11.3 Å². The molecule has 0 aliphatic rings. The molecule has 1 aromatic heterocycles. The summed E-state index contributed by atoms with van der Waals surface area (Å²) < 4.78 is 10.3. The molecule has 0 aromatic carbocycles. The summed E-state index contributed by atoms with van der Waals surface area (Å²) >= 11 is 1.14. The fraction of sp³-hybridized carbons (Fsp3) is 0. The monoisotopic (exact) mass is 223 g/mol. The molecule has 0 unspecified atom stereocenters. The van der Waals surface area contributed by atoms with Gasteiger partial charge in [0.15, 0.2) is 5.13 Å². The lowest BCUT2D eigenvalue weighted by Crippen LogP contribution is -2.25. The topological polar surface area (TPSA) is 112 Å². The van der Waals surface area contributed by atoms with Crippen LogP contribution in [-0.2, 0) is 4.57 Å². The predicted molar refractivity (Wildman–Crippen MR) is 46.3 cm³/mol. The lowest BCUT2D eigenvalue weighted by Gasteiger charge is -2.05. The Morgan fingerprint density at radius 2 is 2.31 bits per heavy atom. The molecule has 0 saturated carbocycles. The average Bonchev–Trinajstić information content (AvgIpc) is 2.34. The van der Waals surface area contributed by atoms with E-state index in [1.54, 1.807) is 5.38 Å². The van der Waals surface area contributed by atoms with Crippen LogP contribution in [0, 0.1) is 0 Å². The summed E-state index contributed by atoms with van der Waals surface area (Å²) in [5.41, 5.74) is 0. The molecule has 72 valence electrons. The Bertz CT molecular complexity index is 333. The Labute approximate surface area is 77.0 Å². The number of carbonyl (C=O) groups excluding carboxylic acids is 1. The van der Waals surface area contributed by atoms with Gasteiger partial charge < -0.3 is 9.79 Å². The molecular formula is C4H6N3O4PS. The Balaban J connectivity index is 2.48. The maximum Gasteiger partial charge on any atom is 0.431 e. The van der Waals surface area contributed by atoms with Gasteiger partial charge in [-0.1, -0.05) is 0 Å². The van der Waals surface area contributed by atoms with E-state index in [1.807, 2.05) is 0 Å². The molecule has 1 heterocycles. The highest BCUT2D eigenvalue weighted by Gasteiger charge is 2.16. The predicted octanol–water partition coefficient (Wildman–Crippen LogP) is 0.357. The van der Waals surface area contributed by atoms with Crippen LogP contribution in [0.2, 0.25) is 0 Å². The maximum absolute atomic E-state index is 10.8. The van der Waals surface area contributed by atoms with E-state index in [9.17, 15) is 9.36 Å². The number of urea groups is 1. The summed E-state index contributed by atoms with van der Waals surface area (Å²) in [4.78, 5) is 31.1. The van der Waals surface area contributed by atoms with Gasteiger partial charge in [0.1, 0.15) is 0 Å². The molecule has 0 saturated heterocycles. The molecule has 7 nitrogen and oxygen atoms in total. The lowest BCUT2D eigenvalue weighted by molar-refractivity contribution is 0.253. The molecule has 4 N–H and O–H groups in total. The first kappa shape index (κ1) is 10.1. The molecule has 0 atom stereocenters. The minimum absolute atomic E-state index is 0.269. The number of nitrogens with zero attached hydrogens (tertiary/aromatic N) is 1. The minimum Gasteiger partial charge on any atom is -0.308 e. The van der Waals surface area contributed by atoms with Crippen LogP contribution in [0.3, 0.4) is 0 Å². The third kappa shape index (κ3) is 4.00. The third-order valence-electron chi connectivity index (χ3n) is 0.900. The van der Waals surface area contributed by atoms with Crippen molar-refractivity contribution in [3.8, 4) is 0 Å². The van der Waals surface area contributed by atoms with Crippen molar-refractivity contribution in [3.05, 3.63) is 11.6 Å². The van der Waals surface area contributed by atoms with Crippen LogP contribution in [0.4, 0.5) is 9.93 Å². The van der Waals surface area contributed by atoms with Crippen molar-refractivity contribution >= 4 is 30.2 Å². The summed E-state index contributed by atoms with van der Waals surface area (Å²) in [6.45, 7) is 0. The van der Waals surface area contributed by atoms with Gasteiger partial charge >= 0.3 is 13.8 Å². The quantitative estimate of drug-likeness (QED) is 0.541. The standard InChI is InChI=1S/C4H6N3O4PS/c8-3(7-12(9,10)11)6-4-5-1-2-13-4/h1-2H,(H4,5,6,7,8,9,10,11). The van der Waals surface area contributed by atoms with Gasteiger partial charge in [0.05, 0.1) is 0 Å². The summed E-state index contributed by atoms with van der Waals surface area (Å²) in [6, 6.07) is -0.983. The minimum atomic E-state index is -4.53. The second kappa shape index (κ2) is 3.84. The van der Waals surface area contributed by atoms with Gasteiger partial charge in [-0.05, 0) is 0 Å². The zero-order valence-corrected chi connectivity index (χ0v) is 7.88. The Kier molecular flexibility index (Phi) is 2.99. The van der Waals surface area contributed by atoms with Crippen molar-refractivity contribution < 1.29 is 19.1 Å². The highest BCUT2D eigenvalue weighted by molar-refractivity contribution is 7.50. The molecule has 1 rings (SSSR count). The number of carbonyl (C=O) groups is 1. The first-order valence-corrected chi connectivity index (χ1v) is 5.51. The normalized spacial score (nSPS) is 10.9. The van der Waals surface area contributed by atoms with E-state index >= 15 is 0 Å². The van der Waals surface area contributed by atoms with Crippen LogP contribution < -0.4 is 10.4 Å². The number of nitrogens with one attached hydrogen (secondary N) is 2. The van der Waals surface area contributed by atoms with Gasteiger partial charge in [-0.3, -0.25) is 5.32 Å². The molecule has 0 aliphatic carbocycles. The molecule has 0 aliphatic heterocycles. The van der Waals surface area contributed by atoms with Crippen molar-refractivity contribution in [1.29, 1.82) is 0 Å². The van der Waals surface area contributed by atoms with Crippen LogP contribution in [0.5, 0.6) is 0 Å². The summed E-state index contributed by atoms with van der Waals surface area (Å²) in [5.74, 6) is 0. The van der Waals surface area contributed by atoms with Crippen molar-refractivity contribution in [2.45, 2.75) is 0 Å². The SMILES string of the molecule is O=C(Nc1nccs1)NP(=O)(O)O. The molecule has 13 heavy (non-hydrogen) atoms. The van der Waals surface area contributed by atoms with Crippen LogP contribution >= 0.6 is 19.1 Å². The van der Waals surface area contributed by atoms with Crippen LogP contribution in [-0.4, -0.2) is 20.8 Å². The van der Waals surface area contributed by atoms with E-state index in [-0.39, 0.29) is 5.13 Å². The van der Waals surface area contributed by atoms with Crippen molar-refractivity contribution in [3.63, 3.8) is 0 Å². The van der Waals surface area contributed by atoms with Gasteiger partial charge in [0.2, 0.25) is 0 Å². The zero-order chi connectivity index (χ0) is 9.90. The largest absolute Gasteiger partial charge is 0.431 e. The van der Waals surface area contributed by atoms with Crippen molar-refractivity contribution in [1.82, 2.24) is 10.1 Å². The number of hydrogen-bond acceptors (Lipinski definition) is 4. The van der Waals surface area contributed by atoms with Gasteiger partial charge in [-0.2, -0.15) is 0 Å². The molecular weight excluding hydrogens is 217 g/mol. The smallest absolute Gasteiger partial charge is 0.308 e. The summed E-state index contributed by atoms with van der Waals surface area (Å²) in [6.07, 6.45) is 1.46. The number of amides is 2. The van der Waals surface area contributed by atoms with Crippen LogP contribution in [0.1, 0.15) is 0 Å². The number of aromatic nitrogens is 1. The first-order valence-electron chi connectivity index (χ1n) is 3.02. The van der Waals surface area contributed by atoms with Crippen molar-refractivity contribution in [2.24, 2.45) is 0 Å². The highest BCUT2D eigenvalue weighted by atomic mass is 32.1. The van der Waals surface area contributed by atoms with E-state index in [0.29, 0.717) is 0 Å². The van der Waals surface area contributed by atoms with Crippen LogP contribution in [0.25, 0.3) is 0 Å². The van der Waals surface area contributed by atoms with E-state index in [1.165, 1.54) is 11.3 Å². The summed E-state index contributed by atoms with van der Waals surface area (Å²) in [5, 5.41) is 5.47. The number of anilines is 1. The molecule has 0 radical (unpaired) electrons. The number of thiazole rings is 1. The van der Waals surface area contributed by atoms with Gasteiger partial charge in [-0.25, -0.2) is 19.4 Å². The fourth-order valence-electron chi connectivity index (χ4n) is 0.543. The highest BCUT2D eigenvalue weighted by Crippen LogP contribution is 2.27. The second-order valence-electron chi connectivity index (χ2n) is 1.95. The molecule has 9 heteroatoms. The molecule has 0 spiro atoms. The lowest BCUT2D eigenvalue weighted by atomic mass is 10.9. The third-order valence-corrected chi connectivity index (χ3v) is 2.08. The molecule has 2 amide bonds. The fourth-order valence-corrected chi connectivity index (χ4v) is 1.39. The van der Waals surface area contributed by atoms with Crippen LogP contribution in [0.15, 0.2) is 11.6 Å². The molecule has 0 fully saturated rings. The Hall–Kier alpha value is -0.950. The molecule has 0 bridgehead atoms. The van der Waals surface area contributed by atoms with E-state index < -0.39 is 13.8 Å². The first-order chi connectivity index (χ1) is 5.97. The van der Waals surface area contributed by atoms with Crippen molar-refractivity contribution in [2.75, 3.05) is 5.32 Å². The number of rotatable bonds is 2. The van der Waals surface area contributed by atoms with E-state index in [2.05, 4.69) is 10.3 Å². The van der Waals surface area contributed by atoms with E-state index in [0.717, 1.165) is 11.3 Å². The Morgan fingerprint density at radius 1 is 1.62 bits per heavy atom. The number of hydrogen-bond donors (Lipinski definition) is 4. The maximum atomic E-state index is 10.8. The van der Waals surface area contributed by atoms with Gasteiger partial charge in [0, 0.05) is 11.6 Å². The second-order valence-corrected chi connectivity index (χ2v) is 4.15. The van der Waals surface area contributed by atoms with Gasteiger partial charge in [0.25, 0.3) is 0 Å². The molecule has 1 aromatic rings. The zero-order valence-electron chi connectivity index (χ0n) is 6.17. The van der Waals surface area contributed by atoms with E-state index in [4.69, 9.17) is 9.79 Å². The summed E-state index contributed by atoms with van der Waals surface area (Å²) in [7, 11) is -4.53. The Morgan fingerprint density at radius 3 is 2.77 bits per heavy atom.